The van der Waals surface area contributed by atoms with E-state index in [1.165, 1.54) is 27.8 Å². The van der Waals surface area contributed by atoms with E-state index >= 15 is 0 Å². The van der Waals surface area contributed by atoms with Gasteiger partial charge in [-0.2, -0.15) is 0 Å². The summed E-state index contributed by atoms with van der Waals surface area (Å²) in [6.45, 7) is 0.682. The Kier molecular flexibility index (Phi) is 6.51. The van der Waals surface area contributed by atoms with Gasteiger partial charge in [0, 0.05) is 19.8 Å². The molecule has 3 rings (SSSR count). The summed E-state index contributed by atoms with van der Waals surface area (Å²) < 4.78 is 30.2. The first-order valence-corrected chi connectivity index (χ1v) is 11.3. The highest BCUT2D eigenvalue weighted by molar-refractivity contribution is 7.90. The Morgan fingerprint density at radius 2 is 1.93 bits per heavy atom. The van der Waals surface area contributed by atoms with Crippen LogP contribution in [0.3, 0.4) is 0 Å². The second-order valence-electron chi connectivity index (χ2n) is 6.94. The molecule has 0 unspecified atom stereocenters. The van der Waals surface area contributed by atoms with E-state index in [4.69, 9.17) is 4.74 Å². The minimum atomic E-state index is -3.29. The van der Waals surface area contributed by atoms with E-state index in [0.717, 1.165) is 6.26 Å². The van der Waals surface area contributed by atoms with Crippen molar-refractivity contribution in [2.45, 2.75) is 17.9 Å². The van der Waals surface area contributed by atoms with E-state index in [-0.39, 0.29) is 22.9 Å². The summed E-state index contributed by atoms with van der Waals surface area (Å²) in [5, 5.41) is 0. The molecular formula is C21H23N3O5S. The molecule has 0 bridgehead atoms. The van der Waals surface area contributed by atoms with Gasteiger partial charge in [-0.25, -0.2) is 13.4 Å². The fourth-order valence-corrected chi connectivity index (χ4v) is 3.60. The molecule has 9 heteroatoms. The Bertz CT molecular complexity index is 1220. The third-order valence-corrected chi connectivity index (χ3v) is 5.72. The average Bonchev–Trinajstić information content (AvgIpc) is 2.72. The van der Waals surface area contributed by atoms with Crippen LogP contribution < -0.4 is 10.3 Å². The average molecular weight is 429 g/mol. The number of para-hydroxylation sites is 2. The molecule has 8 nitrogen and oxygen atoms in total. The number of nitrogens with zero attached hydrogens (tertiary/aromatic N) is 3. The standard InChI is InChI=1S/C21H23N3O5S/c1-23(11-6-12-29-16-7-5-8-17(13-16)30(2,27)28)21(26)15-24-19-10-4-3-9-18(19)22-14-20(24)25/h3-5,7-10,13-14H,6,11-12,15H2,1-2H3. The van der Waals surface area contributed by atoms with Crippen molar-refractivity contribution < 1.29 is 17.9 Å². The molecule has 2 aromatic carbocycles. The van der Waals surface area contributed by atoms with Crippen LogP contribution in [-0.2, 0) is 21.2 Å². The van der Waals surface area contributed by atoms with Gasteiger partial charge in [-0.15, -0.1) is 0 Å². The summed E-state index contributed by atoms with van der Waals surface area (Å²) in [5.41, 5.74) is 0.933. The van der Waals surface area contributed by atoms with Gasteiger partial charge < -0.3 is 9.64 Å². The number of fused-ring (bicyclic) bond motifs is 1. The number of hydrogen-bond donors (Lipinski definition) is 0. The lowest BCUT2D eigenvalue weighted by molar-refractivity contribution is -0.130. The Balaban J connectivity index is 1.55. The zero-order valence-electron chi connectivity index (χ0n) is 16.8. The molecule has 0 saturated heterocycles. The molecule has 0 spiro atoms. The molecular weight excluding hydrogens is 406 g/mol. The van der Waals surface area contributed by atoms with E-state index in [1.807, 2.05) is 6.07 Å². The van der Waals surface area contributed by atoms with E-state index in [1.54, 1.807) is 37.4 Å². The molecule has 0 aliphatic carbocycles. The minimum absolute atomic E-state index is 0.0738. The fourth-order valence-electron chi connectivity index (χ4n) is 2.94. The van der Waals surface area contributed by atoms with Gasteiger partial charge in [0.2, 0.25) is 5.91 Å². The van der Waals surface area contributed by atoms with Crippen molar-refractivity contribution in [1.82, 2.24) is 14.5 Å². The highest BCUT2D eigenvalue weighted by atomic mass is 32.2. The maximum Gasteiger partial charge on any atom is 0.269 e. The van der Waals surface area contributed by atoms with Gasteiger partial charge in [0.1, 0.15) is 12.3 Å². The van der Waals surface area contributed by atoms with Gasteiger partial charge in [0.05, 0.1) is 28.7 Å². The number of sulfone groups is 1. The summed E-state index contributed by atoms with van der Waals surface area (Å²) in [6, 6.07) is 13.5. The number of amides is 1. The zero-order chi connectivity index (χ0) is 21.7. The third kappa shape index (κ3) is 5.24. The first-order chi connectivity index (χ1) is 14.3. The van der Waals surface area contributed by atoms with Crippen molar-refractivity contribution in [1.29, 1.82) is 0 Å². The second kappa shape index (κ2) is 9.08. The Morgan fingerprint density at radius 3 is 2.70 bits per heavy atom. The van der Waals surface area contributed by atoms with Gasteiger partial charge in [-0.05, 0) is 36.8 Å². The van der Waals surface area contributed by atoms with Crippen molar-refractivity contribution in [3.63, 3.8) is 0 Å². The molecule has 0 aliphatic heterocycles. The molecule has 0 N–H and O–H groups in total. The van der Waals surface area contributed by atoms with Gasteiger partial charge >= 0.3 is 0 Å². The van der Waals surface area contributed by atoms with Crippen LogP contribution in [-0.4, -0.2) is 55.2 Å². The van der Waals surface area contributed by atoms with Crippen molar-refractivity contribution in [3.8, 4) is 5.75 Å². The maximum atomic E-state index is 12.6. The van der Waals surface area contributed by atoms with Crippen LogP contribution in [0, 0.1) is 0 Å². The molecule has 0 saturated carbocycles. The Hall–Kier alpha value is -3.20. The summed E-state index contributed by atoms with van der Waals surface area (Å²) in [6.07, 6.45) is 2.91. The smallest absolute Gasteiger partial charge is 0.269 e. The topological polar surface area (TPSA) is 98.6 Å². The molecule has 1 aromatic heterocycles. The molecule has 0 fully saturated rings. The molecule has 1 amide bonds. The second-order valence-corrected chi connectivity index (χ2v) is 8.95. The van der Waals surface area contributed by atoms with Crippen LogP contribution in [0.15, 0.2) is 64.4 Å². The lowest BCUT2D eigenvalue weighted by atomic mass is 10.3. The number of aromatic nitrogens is 2. The summed E-state index contributed by atoms with van der Waals surface area (Å²) in [4.78, 5) is 30.6. The Labute approximate surface area is 174 Å². The molecule has 30 heavy (non-hydrogen) atoms. The number of rotatable bonds is 8. The predicted molar refractivity (Wildman–Crippen MR) is 113 cm³/mol. The highest BCUT2D eigenvalue weighted by Gasteiger charge is 2.13. The quantitative estimate of drug-likeness (QED) is 0.506. The van der Waals surface area contributed by atoms with Crippen molar-refractivity contribution in [3.05, 3.63) is 65.1 Å². The highest BCUT2D eigenvalue weighted by Crippen LogP contribution is 2.17. The van der Waals surface area contributed by atoms with E-state index in [2.05, 4.69) is 4.98 Å². The molecule has 3 aromatic rings. The van der Waals surface area contributed by atoms with E-state index in [0.29, 0.717) is 36.4 Å². The van der Waals surface area contributed by atoms with Crippen LogP contribution in [0.2, 0.25) is 0 Å². The Morgan fingerprint density at radius 1 is 1.17 bits per heavy atom. The van der Waals surface area contributed by atoms with Crippen LogP contribution >= 0.6 is 0 Å². The number of hydrogen-bond acceptors (Lipinski definition) is 6. The predicted octanol–water partition coefficient (Wildman–Crippen LogP) is 1.73. The number of likely N-dealkylation sites (N-methyl/N-ethyl adjacent to an activating group) is 1. The normalized spacial score (nSPS) is 11.4. The minimum Gasteiger partial charge on any atom is -0.493 e. The molecule has 1 heterocycles. The van der Waals surface area contributed by atoms with Gasteiger partial charge in [0.15, 0.2) is 9.84 Å². The summed E-state index contributed by atoms with van der Waals surface area (Å²) >= 11 is 0. The summed E-state index contributed by atoms with van der Waals surface area (Å²) in [7, 11) is -1.63. The number of ether oxygens (including phenoxy) is 1. The van der Waals surface area contributed by atoms with Gasteiger partial charge in [-0.1, -0.05) is 18.2 Å². The van der Waals surface area contributed by atoms with Gasteiger partial charge in [0.25, 0.3) is 5.56 Å². The fraction of sp³-hybridized carbons (Fsp3) is 0.286. The number of carbonyl (C=O) groups is 1. The number of benzene rings is 2. The third-order valence-electron chi connectivity index (χ3n) is 4.61. The van der Waals surface area contributed by atoms with E-state index < -0.39 is 9.84 Å². The lowest BCUT2D eigenvalue weighted by Crippen LogP contribution is -2.35. The van der Waals surface area contributed by atoms with Crippen molar-refractivity contribution in [2.24, 2.45) is 0 Å². The monoisotopic (exact) mass is 429 g/mol. The SMILES string of the molecule is CN(CCCOc1cccc(S(C)(=O)=O)c1)C(=O)Cn1c(=O)cnc2ccccc21. The van der Waals surface area contributed by atoms with Crippen LogP contribution in [0.5, 0.6) is 5.75 Å². The van der Waals surface area contributed by atoms with Gasteiger partial charge in [-0.3, -0.25) is 14.2 Å². The largest absolute Gasteiger partial charge is 0.493 e. The molecule has 158 valence electrons. The molecule has 0 atom stereocenters. The van der Waals surface area contributed by atoms with Crippen LogP contribution in [0.25, 0.3) is 11.0 Å². The number of carbonyl (C=O) groups excluding carboxylic acids is 1. The van der Waals surface area contributed by atoms with Crippen LogP contribution in [0.4, 0.5) is 0 Å². The zero-order valence-corrected chi connectivity index (χ0v) is 17.6. The lowest BCUT2D eigenvalue weighted by Gasteiger charge is -2.18. The van der Waals surface area contributed by atoms with Crippen LogP contribution in [0.1, 0.15) is 6.42 Å². The summed E-state index contributed by atoms with van der Waals surface area (Å²) in [5.74, 6) is 0.259. The van der Waals surface area contributed by atoms with Crippen molar-refractivity contribution >= 4 is 26.8 Å². The first kappa shape index (κ1) is 21.5. The maximum absolute atomic E-state index is 12.6. The first-order valence-electron chi connectivity index (χ1n) is 9.37. The molecule has 0 aliphatic rings. The van der Waals surface area contributed by atoms with E-state index in [9.17, 15) is 18.0 Å². The molecule has 0 radical (unpaired) electrons. The van der Waals surface area contributed by atoms with Crippen molar-refractivity contribution in [2.75, 3.05) is 26.5 Å².